The summed E-state index contributed by atoms with van der Waals surface area (Å²) in [5.41, 5.74) is 1.25. The molecule has 2 aliphatic rings. The number of aromatic nitrogens is 1. The van der Waals surface area contributed by atoms with E-state index in [9.17, 15) is 0 Å². The van der Waals surface area contributed by atoms with E-state index in [1.165, 1.54) is 56.3 Å². The molecule has 2 saturated heterocycles. The fourth-order valence-corrected chi connectivity index (χ4v) is 4.44. The average Bonchev–Trinajstić information content (AvgIpc) is 3.01. The van der Waals surface area contributed by atoms with Crippen LogP contribution in [0.1, 0.15) is 32.1 Å². The van der Waals surface area contributed by atoms with Crippen LogP contribution in [0.4, 0.5) is 0 Å². The van der Waals surface area contributed by atoms with Gasteiger partial charge in [-0.25, -0.2) is 0 Å². The third kappa shape index (κ3) is 3.70. The lowest BCUT2D eigenvalue weighted by Gasteiger charge is -2.39. The van der Waals surface area contributed by atoms with Crippen LogP contribution in [0, 0.1) is 0 Å². The Kier molecular flexibility index (Phi) is 5.00. The van der Waals surface area contributed by atoms with E-state index in [1.54, 1.807) is 0 Å². The van der Waals surface area contributed by atoms with Crippen molar-refractivity contribution in [1.29, 1.82) is 0 Å². The fraction of sp³-hybridized carbons (Fsp3) is 0.619. The number of ether oxygens (including phenoxy) is 1. The van der Waals surface area contributed by atoms with Crippen LogP contribution in [0.2, 0.25) is 0 Å². The van der Waals surface area contributed by atoms with Gasteiger partial charge in [-0.2, -0.15) is 0 Å². The minimum absolute atomic E-state index is 0.353. The first-order valence-corrected chi connectivity index (χ1v) is 9.84. The molecule has 3 heterocycles. The van der Waals surface area contributed by atoms with Gasteiger partial charge in [-0.3, -0.25) is 0 Å². The molecule has 2 fully saturated rings. The number of hydrogen-bond donors (Lipinski definition) is 0. The van der Waals surface area contributed by atoms with Gasteiger partial charge in [0.25, 0.3) is 0 Å². The van der Waals surface area contributed by atoms with Gasteiger partial charge in [-0.05, 0) is 57.5 Å². The molecule has 4 heteroatoms. The molecule has 25 heavy (non-hydrogen) atoms. The highest BCUT2D eigenvalue weighted by atomic mass is 16.5. The normalized spacial score (nSPS) is 24.0. The first kappa shape index (κ1) is 16.9. The third-order valence-electron chi connectivity index (χ3n) is 6.11. The Morgan fingerprint density at radius 1 is 1.00 bits per heavy atom. The van der Waals surface area contributed by atoms with E-state index in [0.717, 1.165) is 24.6 Å². The molecule has 0 saturated carbocycles. The number of hydrogen-bond acceptors (Lipinski definition) is 3. The van der Waals surface area contributed by atoms with Crippen molar-refractivity contribution < 1.29 is 4.74 Å². The predicted molar refractivity (Wildman–Crippen MR) is 103 cm³/mol. The average molecular weight is 341 g/mol. The zero-order valence-electron chi connectivity index (χ0n) is 15.7. The van der Waals surface area contributed by atoms with Crippen molar-refractivity contribution in [2.45, 2.75) is 44.2 Å². The second kappa shape index (κ2) is 7.38. The number of aryl methyl sites for hydroxylation is 1. The van der Waals surface area contributed by atoms with Crippen LogP contribution in [0.25, 0.3) is 10.9 Å². The summed E-state index contributed by atoms with van der Waals surface area (Å²) in [6.45, 7) is 4.84. The fourth-order valence-electron chi connectivity index (χ4n) is 4.44. The quantitative estimate of drug-likeness (QED) is 0.849. The number of nitrogens with zero attached hydrogens (tertiary/aromatic N) is 3. The maximum atomic E-state index is 6.39. The molecule has 0 radical (unpaired) electrons. The van der Waals surface area contributed by atoms with Crippen LogP contribution in [0.15, 0.2) is 30.5 Å². The van der Waals surface area contributed by atoms with Crippen LogP contribution in [0.5, 0.6) is 5.75 Å². The molecule has 0 aliphatic carbocycles. The molecule has 0 N–H and O–H groups in total. The standard InChI is InChI=1S/C21H31N3O/c1-22-12-4-3-6-17(22)16-24-14-9-18(10-15-24)25-21-8-5-7-20-19(21)11-13-23(20)2/h5,7-8,11,13,17-18H,3-4,6,9-10,12,14-16H2,1-2H3. The number of fused-ring (bicyclic) bond motifs is 1. The molecule has 1 atom stereocenters. The summed E-state index contributed by atoms with van der Waals surface area (Å²) in [6, 6.07) is 9.30. The van der Waals surface area contributed by atoms with Gasteiger partial charge >= 0.3 is 0 Å². The van der Waals surface area contributed by atoms with Gasteiger partial charge in [0.15, 0.2) is 0 Å². The molecule has 4 rings (SSSR count). The summed E-state index contributed by atoms with van der Waals surface area (Å²) < 4.78 is 8.55. The summed E-state index contributed by atoms with van der Waals surface area (Å²) in [6.07, 6.45) is 8.87. The number of likely N-dealkylation sites (N-methyl/N-ethyl adjacent to an activating group) is 1. The predicted octanol–water partition coefficient (Wildman–Crippen LogP) is 3.51. The maximum absolute atomic E-state index is 6.39. The first-order chi connectivity index (χ1) is 12.2. The van der Waals surface area contributed by atoms with Crippen LogP contribution in [-0.4, -0.2) is 59.7 Å². The Labute approximate surface area is 151 Å². The Morgan fingerprint density at radius 3 is 2.64 bits per heavy atom. The highest BCUT2D eigenvalue weighted by Crippen LogP contribution is 2.29. The summed E-state index contributed by atoms with van der Waals surface area (Å²) in [5.74, 6) is 1.04. The third-order valence-corrected chi connectivity index (χ3v) is 6.11. The van der Waals surface area contributed by atoms with Crippen LogP contribution in [-0.2, 0) is 7.05 Å². The van der Waals surface area contributed by atoms with Crippen molar-refractivity contribution in [2.75, 3.05) is 33.2 Å². The number of benzene rings is 1. The van der Waals surface area contributed by atoms with Gasteiger partial charge in [0.2, 0.25) is 0 Å². The first-order valence-electron chi connectivity index (χ1n) is 9.84. The Morgan fingerprint density at radius 2 is 1.84 bits per heavy atom. The van der Waals surface area contributed by atoms with Gasteiger partial charge < -0.3 is 19.1 Å². The second-order valence-electron chi connectivity index (χ2n) is 7.86. The van der Waals surface area contributed by atoms with E-state index in [4.69, 9.17) is 4.74 Å². The summed E-state index contributed by atoms with van der Waals surface area (Å²) in [5, 5.41) is 1.23. The highest BCUT2D eigenvalue weighted by Gasteiger charge is 2.26. The number of likely N-dealkylation sites (tertiary alicyclic amines) is 2. The smallest absolute Gasteiger partial charge is 0.129 e. The van der Waals surface area contributed by atoms with Gasteiger partial charge in [-0.15, -0.1) is 0 Å². The molecule has 0 spiro atoms. The molecular formula is C21H31N3O. The molecule has 1 aromatic heterocycles. The van der Waals surface area contributed by atoms with E-state index < -0.39 is 0 Å². The number of piperidine rings is 2. The lowest BCUT2D eigenvalue weighted by atomic mass is 10.0. The Hall–Kier alpha value is -1.52. The van der Waals surface area contributed by atoms with Gasteiger partial charge in [0.05, 0.1) is 5.52 Å². The second-order valence-corrected chi connectivity index (χ2v) is 7.86. The van der Waals surface area contributed by atoms with Gasteiger partial charge in [0, 0.05) is 44.3 Å². The molecular weight excluding hydrogens is 310 g/mol. The van der Waals surface area contributed by atoms with Crippen molar-refractivity contribution >= 4 is 10.9 Å². The molecule has 0 bridgehead atoms. The van der Waals surface area contributed by atoms with Crippen molar-refractivity contribution in [3.05, 3.63) is 30.5 Å². The lowest BCUT2D eigenvalue weighted by molar-refractivity contribution is 0.0713. The zero-order chi connectivity index (χ0) is 17.2. The molecule has 0 amide bonds. The largest absolute Gasteiger partial charge is 0.490 e. The van der Waals surface area contributed by atoms with Gasteiger partial charge in [0.1, 0.15) is 11.9 Å². The number of rotatable bonds is 4. The van der Waals surface area contributed by atoms with Crippen molar-refractivity contribution in [3.63, 3.8) is 0 Å². The Balaban J connectivity index is 1.32. The minimum Gasteiger partial charge on any atom is -0.490 e. The van der Waals surface area contributed by atoms with Crippen LogP contribution in [0.3, 0.4) is 0 Å². The lowest BCUT2D eigenvalue weighted by Crippen LogP contribution is -2.48. The zero-order valence-corrected chi connectivity index (χ0v) is 15.7. The van der Waals surface area contributed by atoms with Gasteiger partial charge in [-0.1, -0.05) is 12.5 Å². The van der Waals surface area contributed by atoms with E-state index >= 15 is 0 Å². The Bertz CT molecular complexity index is 702. The highest BCUT2D eigenvalue weighted by molar-refractivity contribution is 5.86. The molecule has 2 aromatic rings. The molecule has 1 unspecified atom stereocenters. The monoisotopic (exact) mass is 341 g/mol. The molecule has 2 aliphatic heterocycles. The minimum atomic E-state index is 0.353. The SMILES string of the molecule is CN1CCCCC1CN1CCC(Oc2cccc3c2ccn3C)CC1. The summed E-state index contributed by atoms with van der Waals surface area (Å²) in [7, 11) is 4.38. The summed E-state index contributed by atoms with van der Waals surface area (Å²) in [4.78, 5) is 5.21. The molecule has 136 valence electrons. The van der Waals surface area contributed by atoms with E-state index in [-0.39, 0.29) is 0 Å². The van der Waals surface area contributed by atoms with Crippen molar-refractivity contribution in [1.82, 2.24) is 14.4 Å². The van der Waals surface area contributed by atoms with E-state index in [1.807, 2.05) is 0 Å². The van der Waals surface area contributed by atoms with Crippen LogP contribution < -0.4 is 4.74 Å². The van der Waals surface area contributed by atoms with Crippen molar-refractivity contribution in [3.8, 4) is 5.75 Å². The topological polar surface area (TPSA) is 20.6 Å². The van der Waals surface area contributed by atoms with Crippen LogP contribution >= 0.6 is 0 Å². The maximum Gasteiger partial charge on any atom is 0.129 e. The molecule has 4 nitrogen and oxygen atoms in total. The van der Waals surface area contributed by atoms with E-state index in [2.05, 4.69) is 58.9 Å². The van der Waals surface area contributed by atoms with E-state index in [0.29, 0.717) is 6.10 Å². The summed E-state index contributed by atoms with van der Waals surface area (Å²) >= 11 is 0. The van der Waals surface area contributed by atoms with Crippen molar-refractivity contribution in [2.24, 2.45) is 7.05 Å². The molecule has 1 aromatic carbocycles.